The largest absolute Gasteiger partial charge is 0.381 e. The lowest BCUT2D eigenvalue weighted by atomic mass is 10.1. The first-order valence-corrected chi connectivity index (χ1v) is 6.02. The molecule has 0 amide bonds. The van der Waals surface area contributed by atoms with Crippen LogP contribution in [0.15, 0.2) is 42.5 Å². The molecule has 1 atom stereocenters. The third-order valence-corrected chi connectivity index (χ3v) is 2.98. The minimum absolute atomic E-state index is 0.362. The minimum Gasteiger partial charge on any atom is -0.381 e. The smallest absolute Gasteiger partial charge is 0.0367 e. The number of fused-ring (bicyclic) bond motifs is 1. The zero-order chi connectivity index (χ0) is 12.1. The lowest BCUT2D eigenvalue weighted by Gasteiger charge is -2.16. The SMILES string of the molecule is C#CCC(CC)Nc1ccc2ccccc2c1. The van der Waals surface area contributed by atoms with E-state index < -0.39 is 0 Å². The molecule has 0 heterocycles. The first-order chi connectivity index (χ1) is 8.33. The van der Waals surface area contributed by atoms with Gasteiger partial charge in [-0.15, -0.1) is 12.3 Å². The van der Waals surface area contributed by atoms with E-state index in [4.69, 9.17) is 6.42 Å². The molecule has 0 saturated carbocycles. The second kappa shape index (κ2) is 5.41. The highest BCUT2D eigenvalue weighted by Crippen LogP contribution is 2.20. The van der Waals surface area contributed by atoms with E-state index in [1.807, 2.05) is 0 Å². The fourth-order valence-electron chi connectivity index (χ4n) is 1.95. The van der Waals surface area contributed by atoms with Crippen LogP contribution in [0, 0.1) is 12.3 Å². The van der Waals surface area contributed by atoms with Crippen LogP contribution in [0.25, 0.3) is 10.8 Å². The fraction of sp³-hybridized carbons (Fsp3) is 0.250. The zero-order valence-electron chi connectivity index (χ0n) is 10.1. The van der Waals surface area contributed by atoms with Crippen LogP contribution in [0.4, 0.5) is 5.69 Å². The number of rotatable bonds is 4. The van der Waals surface area contributed by atoms with Crippen molar-refractivity contribution < 1.29 is 0 Å². The highest BCUT2D eigenvalue weighted by Gasteiger charge is 2.04. The zero-order valence-corrected chi connectivity index (χ0v) is 10.1. The van der Waals surface area contributed by atoms with Crippen LogP contribution in [-0.2, 0) is 0 Å². The van der Waals surface area contributed by atoms with Gasteiger partial charge in [-0.05, 0) is 29.3 Å². The number of terminal acetylenes is 1. The highest BCUT2D eigenvalue weighted by molar-refractivity contribution is 5.85. The number of anilines is 1. The second-order valence-electron chi connectivity index (χ2n) is 4.22. The number of nitrogens with one attached hydrogen (secondary N) is 1. The van der Waals surface area contributed by atoms with Crippen molar-refractivity contribution in [3.8, 4) is 12.3 Å². The van der Waals surface area contributed by atoms with E-state index in [1.165, 1.54) is 10.8 Å². The van der Waals surface area contributed by atoms with Crippen molar-refractivity contribution in [2.75, 3.05) is 5.32 Å². The number of benzene rings is 2. The van der Waals surface area contributed by atoms with Crippen LogP contribution in [0.2, 0.25) is 0 Å². The standard InChI is InChI=1S/C16H17N/c1-3-7-15(4-2)17-16-11-10-13-8-5-6-9-14(13)12-16/h1,5-6,8-12,15,17H,4,7H2,2H3. The molecule has 0 spiro atoms. The summed E-state index contributed by atoms with van der Waals surface area (Å²) >= 11 is 0. The minimum atomic E-state index is 0.362. The van der Waals surface area contributed by atoms with E-state index in [-0.39, 0.29) is 0 Å². The Morgan fingerprint density at radius 3 is 2.65 bits per heavy atom. The molecule has 2 aromatic carbocycles. The van der Waals surface area contributed by atoms with Crippen LogP contribution in [0.1, 0.15) is 19.8 Å². The van der Waals surface area contributed by atoms with Crippen molar-refractivity contribution in [2.24, 2.45) is 0 Å². The maximum atomic E-state index is 5.36. The van der Waals surface area contributed by atoms with Gasteiger partial charge < -0.3 is 5.32 Å². The Labute approximate surface area is 103 Å². The molecule has 1 unspecified atom stereocenters. The molecule has 1 N–H and O–H groups in total. The molecule has 86 valence electrons. The molecule has 0 aliphatic heterocycles. The van der Waals surface area contributed by atoms with E-state index in [0.717, 1.165) is 18.5 Å². The number of hydrogen-bond donors (Lipinski definition) is 1. The van der Waals surface area contributed by atoms with Gasteiger partial charge in [-0.25, -0.2) is 0 Å². The van der Waals surface area contributed by atoms with Crippen LogP contribution in [-0.4, -0.2) is 6.04 Å². The molecule has 0 aliphatic rings. The molecule has 1 heteroatoms. The Morgan fingerprint density at radius 1 is 1.18 bits per heavy atom. The van der Waals surface area contributed by atoms with Gasteiger partial charge in [0.1, 0.15) is 0 Å². The van der Waals surface area contributed by atoms with Gasteiger partial charge in [-0.3, -0.25) is 0 Å². The van der Waals surface area contributed by atoms with Crippen molar-refractivity contribution >= 4 is 16.5 Å². The van der Waals surface area contributed by atoms with Crippen LogP contribution >= 0.6 is 0 Å². The second-order valence-corrected chi connectivity index (χ2v) is 4.22. The average Bonchev–Trinajstić information content (AvgIpc) is 2.38. The first-order valence-electron chi connectivity index (χ1n) is 6.02. The van der Waals surface area contributed by atoms with E-state index >= 15 is 0 Å². The summed E-state index contributed by atoms with van der Waals surface area (Å²) in [6, 6.07) is 15.2. The van der Waals surface area contributed by atoms with Gasteiger partial charge in [-0.1, -0.05) is 37.3 Å². The Kier molecular flexibility index (Phi) is 3.67. The van der Waals surface area contributed by atoms with Crippen LogP contribution in [0.5, 0.6) is 0 Å². The summed E-state index contributed by atoms with van der Waals surface area (Å²) in [7, 11) is 0. The van der Waals surface area contributed by atoms with Crippen molar-refractivity contribution in [3.63, 3.8) is 0 Å². The summed E-state index contributed by atoms with van der Waals surface area (Å²) in [6.07, 6.45) is 7.17. The number of hydrogen-bond acceptors (Lipinski definition) is 1. The topological polar surface area (TPSA) is 12.0 Å². The maximum absolute atomic E-state index is 5.36. The van der Waals surface area contributed by atoms with Gasteiger partial charge in [0.25, 0.3) is 0 Å². The predicted octanol–water partition coefficient (Wildman–Crippen LogP) is 4.05. The molecular weight excluding hydrogens is 206 g/mol. The Bertz CT molecular complexity index is 536. The van der Waals surface area contributed by atoms with Gasteiger partial charge >= 0.3 is 0 Å². The molecule has 0 fully saturated rings. The van der Waals surface area contributed by atoms with Gasteiger partial charge in [-0.2, -0.15) is 0 Å². The molecular formula is C16H17N. The van der Waals surface area contributed by atoms with Crippen LogP contribution < -0.4 is 5.32 Å². The Hall–Kier alpha value is -1.94. The summed E-state index contributed by atoms with van der Waals surface area (Å²) in [6.45, 7) is 2.15. The van der Waals surface area contributed by atoms with E-state index in [0.29, 0.717) is 6.04 Å². The quantitative estimate of drug-likeness (QED) is 0.771. The summed E-state index contributed by atoms with van der Waals surface area (Å²) < 4.78 is 0. The summed E-state index contributed by atoms with van der Waals surface area (Å²) in [5, 5.41) is 6.00. The van der Waals surface area contributed by atoms with Gasteiger partial charge in [0.05, 0.1) is 0 Å². The van der Waals surface area contributed by atoms with Crippen molar-refractivity contribution in [1.82, 2.24) is 0 Å². The molecule has 2 rings (SSSR count). The third kappa shape index (κ3) is 2.79. The predicted molar refractivity (Wildman–Crippen MR) is 75.1 cm³/mol. The normalized spacial score (nSPS) is 12.0. The molecule has 2 aromatic rings. The van der Waals surface area contributed by atoms with E-state index in [1.54, 1.807) is 0 Å². The first kappa shape index (κ1) is 11.5. The Balaban J connectivity index is 2.22. The van der Waals surface area contributed by atoms with Crippen molar-refractivity contribution in [1.29, 1.82) is 0 Å². The lowest BCUT2D eigenvalue weighted by Crippen LogP contribution is -2.17. The maximum Gasteiger partial charge on any atom is 0.0367 e. The average molecular weight is 223 g/mol. The van der Waals surface area contributed by atoms with E-state index in [9.17, 15) is 0 Å². The monoisotopic (exact) mass is 223 g/mol. The van der Waals surface area contributed by atoms with Gasteiger partial charge in [0.2, 0.25) is 0 Å². The van der Waals surface area contributed by atoms with Crippen molar-refractivity contribution in [3.05, 3.63) is 42.5 Å². The molecule has 0 saturated heterocycles. The molecule has 1 nitrogen and oxygen atoms in total. The summed E-state index contributed by atoms with van der Waals surface area (Å²) in [5.41, 5.74) is 1.14. The van der Waals surface area contributed by atoms with Gasteiger partial charge in [0, 0.05) is 18.2 Å². The Morgan fingerprint density at radius 2 is 1.94 bits per heavy atom. The molecule has 17 heavy (non-hydrogen) atoms. The highest BCUT2D eigenvalue weighted by atomic mass is 14.9. The summed E-state index contributed by atoms with van der Waals surface area (Å²) in [4.78, 5) is 0. The molecule has 0 bridgehead atoms. The van der Waals surface area contributed by atoms with Gasteiger partial charge in [0.15, 0.2) is 0 Å². The molecule has 0 aromatic heterocycles. The third-order valence-electron chi connectivity index (χ3n) is 2.98. The van der Waals surface area contributed by atoms with Crippen molar-refractivity contribution in [2.45, 2.75) is 25.8 Å². The fourth-order valence-corrected chi connectivity index (χ4v) is 1.95. The summed E-state index contributed by atoms with van der Waals surface area (Å²) in [5.74, 6) is 2.71. The van der Waals surface area contributed by atoms with Crippen LogP contribution in [0.3, 0.4) is 0 Å². The lowest BCUT2D eigenvalue weighted by molar-refractivity contribution is 0.716. The molecule has 0 radical (unpaired) electrons. The molecule has 0 aliphatic carbocycles. The van der Waals surface area contributed by atoms with E-state index in [2.05, 4.69) is 60.6 Å².